The first-order valence-electron chi connectivity index (χ1n) is 7.70. The Bertz CT molecular complexity index is 517. The fraction of sp³-hybridized carbons (Fsp3) is 0.316. The smallest absolute Gasteiger partial charge is 0.150 e. The first-order chi connectivity index (χ1) is 10.8. The normalized spacial score (nSPS) is 13.5. The third-order valence-electron chi connectivity index (χ3n) is 3.91. The van der Waals surface area contributed by atoms with E-state index in [-0.39, 0.29) is 17.6 Å². The Hall–Kier alpha value is -1.97. The van der Waals surface area contributed by atoms with Gasteiger partial charge in [-0.15, -0.1) is 0 Å². The molecule has 2 atom stereocenters. The van der Waals surface area contributed by atoms with Crippen LogP contribution in [0.1, 0.15) is 23.0 Å². The monoisotopic (exact) mass is 296 g/mol. The van der Waals surface area contributed by atoms with Gasteiger partial charge in [0.15, 0.2) is 0 Å². The van der Waals surface area contributed by atoms with Crippen LogP contribution in [0.5, 0.6) is 0 Å². The van der Waals surface area contributed by atoms with Crippen LogP contribution >= 0.6 is 0 Å². The average Bonchev–Trinajstić information content (AvgIpc) is 2.58. The Morgan fingerprint density at radius 1 is 0.773 bits per heavy atom. The van der Waals surface area contributed by atoms with E-state index in [1.807, 2.05) is 74.8 Å². The third kappa shape index (κ3) is 4.03. The molecule has 0 bridgehead atoms. The first kappa shape index (κ1) is 16.4. The van der Waals surface area contributed by atoms with Gasteiger partial charge in [-0.05, 0) is 25.2 Å². The highest BCUT2D eigenvalue weighted by Gasteiger charge is 2.28. The largest absolute Gasteiger partial charge is 0.319 e. The second kappa shape index (κ2) is 8.47. The number of ketones is 1. The van der Waals surface area contributed by atoms with Gasteiger partial charge in [0.25, 0.3) is 0 Å². The summed E-state index contributed by atoms with van der Waals surface area (Å²) in [7, 11) is 3.78. The summed E-state index contributed by atoms with van der Waals surface area (Å²) >= 11 is 0. The van der Waals surface area contributed by atoms with Crippen LogP contribution in [-0.4, -0.2) is 33.0 Å². The molecule has 0 aliphatic carbocycles. The van der Waals surface area contributed by atoms with Crippen molar-refractivity contribution in [3.8, 4) is 0 Å². The number of nitrogens with one attached hydrogen (secondary N) is 2. The van der Waals surface area contributed by atoms with Crippen molar-refractivity contribution < 1.29 is 4.79 Å². The lowest BCUT2D eigenvalue weighted by Gasteiger charge is -2.23. The lowest BCUT2D eigenvalue weighted by atomic mass is 9.83. The maximum absolute atomic E-state index is 13.1. The fourth-order valence-corrected chi connectivity index (χ4v) is 2.79. The number of hydrogen-bond acceptors (Lipinski definition) is 3. The van der Waals surface area contributed by atoms with Crippen molar-refractivity contribution in [2.45, 2.75) is 11.8 Å². The summed E-state index contributed by atoms with van der Waals surface area (Å²) < 4.78 is 0. The predicted molar refractivity (Wildman–Crippen MR) is 91.2 cm³/mol. The second-order valence-corrected chi connectivity index (χ2v) is 5.44. The molecule has 0 aliphatic rings. The molecule has 0 aliphatic heterocycles. The van der Waals surface area contributed by atoms with E-state index >= 15 is 0 Å². The molecule has 0 saturated heterocycles. The van der Waals surface area contributed by atoms with Crippen molar-refractivity contribution >= 4 is 5.78 Å². The molecule has 22 heavy (non-hydrogen) atoms. The van der Waals surface area contributed by atoms with E-state index < -0.39 is 0 Å². The van der Waals surface area contributed by atoms with E-state index in [1.165, 1.54) is 0 Å². The summed E-state index contributed by atoms with van der Waals surface area (Å²) in [6, 6.07) is 20.0. The van der Waals surface area contributed by atoms with Crippen LogP contribution in [0.3, 0.4) is 0 Å². The van der Waals surface area contributed by atoms with Crippen LogP contribution in [0, 0.1) is 0 Å². The topological polar surface area (TPSA) is 41.1 Å². The van der Waals surface area contributed by atoms with E-state index in [9.17, 15) is 4.79 Å². The average molecular weight is 296 g/mol. The number of rotatable bonds is 8. The van der Waals surface area contributed by atoms with Crippen molar-refractivity contribution in [2.24, 2.45) is 0 Å². The van der Waals surface area contributed by atoms with Crippen LogP contribution in [0.15, 0.2) is 60.7 Å². The van der Waals surface area contributed by atoms with Gasteiger partial charge in [-0.3, -0.25) is 4.79 Å². The molecular weight excluding hydrogens is 272 g/mol. The van der Waals surface area contributed by atoms with Crippen molar-refractivity contribution in [1.82, 2.24) is 10.6 Å². The highest BCUT2D eigenvalue weighted by atomic mass is 16.1. The zero-order valence-corrected chi connectivity index (χ0v) is 13.3. The van der Waals surface area contributed by atoms with Crippen LogP contribution in [-0.2, 0) is 4.79 Å². The van der Waals surface area contributed by atoms with E-state index in [0.29, 0.717) is 13.1 Å². The quantitative estimate of drug-likeness (QED) is 0.786. The number of hydrogen-bond donors (Lipinski definition) is 2. The summed E-state index contributed by atoms with van der Waals surface area (Å²) in [6.07, 6.45) is 0. The molecule has 2 rings (SSSR count). The summed E-state index contributed by atoms with van der Waals surface area (Å²) in [6.45, 7) is 1.30. The Balaban J connectivity index is 2.30. The molecule has 0 saturated carbocycles. The Kier molecular flexibility index (Phi) is 6.31. The van der Waals surface area contributed by atoms with Gasteiger partial charge >= 0.3 is 0 Å². The zero-order valence-electron chi connectivity index (χ0n) is 13.3. The third-order valence-corrected chi connectivity index (χ3v) is 3.91. The highest BCUT2D eigenvalue weighted by Crippen LogP contribution is 2.26. The summed E-state index contributed by atoms with van der Waals surface area (Å²) in [5, 5.41) is 6.31. The van der Waals surface area contributed by atoms with Gasteiger partial charge in [0.05, 0.1) is 11.8 Å². The van der Waals surface area contributed by atoms with Crippen LogP contribution in [0.25, 0.3) is 0 Å². The van der Waals surface area contributed by atoms with Crippen molar-refractivity contribution in [2.75, 3.05) is 27.2 Å². The second-order valence-electron chi connectivity index (χ2n) is 5.44. The van der Waals surface area contributed by atoms with E-state index in [2.05, 4.69) is 10.6 Å². The molecule has 0 unspecified atom stereocenters. The molecule has 3 heteroatoms. The highest BCUT2D eigenvalue weighted by molar-refractivity contribution is 5.92. The number of Topliss-reactive ketones (excluding diaryl/α,β-unsaturated/α-hetero) is 1. The maximum Gasteiger partial charge on any atom is 0.150 e. The van der Waals surface area contributed by atoms with Gasteiger partial charge in [-0.25, -0.2) is 0 Å². The van der Waals surface area contributed by atoms with Gasteiger partial charge in [0, 0.05) is 13.1 Å². The van der Waals surface area contributed by atoms with Crippen LogP contribution in [0.2, 0.25) is 0 Å². The van der Waals surface area contributed by atoms with Gasteiger partial charge < -0.3 is 10.6 Å². The fourth-order valence-electron chi connectivity index (χ4n) is 2.79. The number of benzene rings is 2. The van der Waals surface area contributed by atoms with Crippen molar-refractivity contribution in [3.05, 3.63) is 71.8 Å². The molecule has 0 aromatic heterocycles. The van der Waals surface area contributed by atoms with E-state index in [0.717, 1.165) is 11.1 Å². The Morgan fingerprint density at radius 2 is 1.14 bits per heavy atom. The lowest BCUT2D eigenvalue weighted by molar-refractivity contribution is -0.121. The molecule has 3 nitrogen and oxygen atoms in total. The maximum atomic E-state index is 13.1. The van der Waals surface area contributed by atoms with Gasteiger partial charge in [0.1, 0.15) is 5.78 Å². The first-order valence-corrected chi connectivity index (χ1v) is 7.70. The molecule has 0 heterocycles. The minimum Gasteiger partial charge on any atom is -0.319 e. The molecular formula is C19H24N2O. The molecule has 116 valence electrons. The lowest BCUT2D eigenvalue weighted by Crippen LogP contribution is -2.32. The van der Waals surface area contributed by atoms with Crippen molar-refractivity contribution in [3.63, 3.8) is 0 Å². The Morgan fingerprint density at radius 3 is 1.45 bits per heavy atom. The Labute approximate surface area is 132 Å². The van der Waals surface area contributed by atoms with Crippen LogP contribution in [0.4, 0.5) is 0 Å². The zero-order chi connectivity index (χ0) is 15.8. The van der Waals surface area contributed by atoms with Gasteiger partial charge in [-0.2, -0.15) is 0 Å². The van der Waals surface area contributed by atoms with Crippen molar-refractivity contribution in [1.29, 1.82) is 0 Å². The van der Waals surface area contributed by atoms with E-state index in [1.54, 1.807) is 0 Å². The minimum atomic E-state index is -0.134. The standard InChI is InChI=1S/C19H24N2O/c1-20-13-17(15-9-5-3-6-10-15)19(22)18(14-21-2)16-11-7-4-8-12-16/h3-12,17-18,20-21H,13-14H2,1-2H3/t17-,18+. The molecule has 2 N–H and O–H groups in total. The number of likely N-dealkylation sites (N-methyl/N-ethyl adjacent to an activating group) is 2. The molecule has 2 aromatic carbocycles. The predicted octanol–water partition coefficient (Wildman–Crippen LogP) is 2.56. The summed E-state index contributed by atoms with van der Waals surface area (Å²) in [5.41, 5.74) is 2.14. The number of carbonyl (C=O) groups excluding carboxylic acids is 1. The van der Waals surface area contributed by atoms with Gasteiger partial charge in [0.2, 0.25) is 0 Å². The molecule has 0 fully saturated rings. The molecule has 0 spiro atoms. The summed E-state index contributed by atoms with van der Waals surface area (Å²) in [4.78, 5) is 13.1. The van der Waals surface area contributed by atoms with Gasteiger partial charge in [-0.1, -0.05) is 60.7 Å². The molecule has 0 amide bonds. The molecule has 0 radical (unpaired) electrons. The summed E-state index contributed by atoms with van der Waals surface area (Å²) in [5.74, 6) is -0.0180. The van der Waals surface area contributed by atoms with Crippen LogP contribution < -0.4 is 10.6 Å². The minimum absolute atomic E-state index is 0.134. The van der Waals surface area contributed by atoms with E-state index in [4.69, 9.17) is 0 Å². The molecule has 2 aromatic rings. The number of carbonyl (C=O) groups is 1. The SMILES string of the molecule is CNC[C@H](C(=O)[C@H](CNC)c1ccccc1)c1ccccc1.